The van der Waals surface area contributed by atoms with Crippen LogP contribution in [0.25, 0.3) is 0 Å². The summed E-state index contributed by atoms with van der Waals surface area (Å²) in [4.78, 5) is 18.7. The zero-order chi connectivity index (χ0) is 15.1. The fourth-order valence-corrected chi connectivity index (χ4v) is 2.59. The maximum absolute atomic E-state index is 12.6. The van der Waals surface area contributed by atoms with Gasteiger partial charge >= 0.3 is 0 Å². The fraction of sp³-hybridized carbons (Fsp3) is 0.625. The van der Waals surface area contributed by atoms with Crippen molar-refractivity contribution in [3.05, 3.63) is 30.1 Å². The van der Waals surface area contributed by atoms with E-state index in [1.807, 2.05) is 17.0 Å². The zero-order valence-corrected chi connectivity index (χ0v) is 12.9. The Bertz CT molecular complexity index is 444. The van der Waals surface area contributed by atoms with Gasteiger partial charge in [0.1, 0.15) is 5.69 Å². The first kappa shape index (κ1) is 15.9. The molecule has 0 atom stereocenters. The van der Waals surface area contributed by atoms with Crippen molar-refractivity contribution in [3.8, 4) is 0 Å². The third kappa shape index (κ3) is 4.51. The van der Waals surface area contributed by atoms with Crippen LogP contribution in [-0.2, 0) is 9.47 Å². The van der Waals surface area contributed by atoms with Gasteiger partial charge in [-0.3, -0.25) is 9.78 Å². The van der Waals surface area contributed by atoms with Gasteiger partial charge in [-0.2, -0.15) is 0 Å². The molecule has 1 aliphatic heterocycles. The maximum Gasteiger partial charge on any atom is 0.272 e. The number of pyridine rings is 1. The largest absolute Gasteiger partial charge is 0.383 e. The monoisotopic (exact) mass is 292 g/mol. The lowest BCUT2D eigenvalue weighted by molar-refractivity contribution is 0.00260. The smallest absolute Gasteiger partial charge is 0.272 e. The molecule has 116 valence electrons. The van der Waals surface area contributed by atoms with Crippen LogP contribution in [0.4, 0.5) is 0 Å². The number of carbonyl (C=O) groups excluding carboxylic acids is 1. The second kappa shape index (κ2) is 7.52. The fourth-order valence-electron chi connectivity index (χ4n) is 2.59. The van der Waals surface area contributed by atoms with E-state index in [-0.39, 0.29) is 11.3 Å². The summed E-state index contributed by atoms with van der Waals surface area (Å²) in [5.41, 5.74) is 0.598. The van der Waals surface area contributed by atoms with Gasteiger partial charge in [-0.15, -0.1) is 0 Å². The number of methoxy groups -OCH3 is 1. The van der Waals surface area contributed by atoms with Gasteiger partial charge in [-0.05, 0) is 30.4 Å². The van der Waals surface area contributed by atoms with Crippen LogP contribution in [0.2, 0.25) is 0 Å². The van der Waals surface area contributed by atoms with E-state index in [9.17, 15) is 4.79 Å². The number of rotatable bonds is 6. The zero-order valence-electron chi connectivity index (χ0n) is 12.9. The van der Waals surface area contributed by atoms with Crippen LogP contribution in [0.3, 0.4) is 0 Å². The van der Waals surface area contributed by atoms with Crippen molar-refractivity contribution >= 4 is 5.91 Å². The third-order valence-corrected chi connectivity index (χ3v) is 4.01. The van der Waals surface area contributed by atoms with Crippen LogP contribution in [0.5, 0.6) is 0 Å². The lowest BCUT2D eigenvalue weighted by atomic mass is 9.82. The molecule has 5 nitrogen and oxygen atoms in total. The van der Waals surface area contributed by atoms with Crippen LogP contribution in [0, 0.1) is 5.41 Å². The minimum Gasteiger partial charge on any atom is -0.383 e. The third-order valence-electron chi connectivity index (χ3n) is 4.01. The Balaban J connectivity index is 2.08. The lowest BCUT2D eigenvalue weighted by Crippen LogP contribution is -2.44. The van der Waals surface area contributed by atoms with Crippen molar-refractivity contribution in [2.24, 2.45) is 5.41 Å². The summed E-state index contributed by atoms with van der Waals surface area (Å²) >= 11 is 0. The minimum atomic E-state index is -0.0274. The molecule has 1 aromatic rings. The SMILES string of the molecule is COCCN(CC1(C)CCOCC1)C(=O)c1ccccn1. The van der Waals surface area contributed by atoms with Gasteiger partial charge in [0.2, 0.25) is 0 Å². The number of hydrogen-bond acceptors (Lipinski definition) is 4. The normalized spacial score (nSPS) is 17.4. The molecule has 0 unspecified atom stereocenters. The topological polar surface area (TPSA) is 51.7 Å². The quantitative estimate of drug-likeness (QED) is 0.804. The molecule has 0 saturated carbocycles. The van der Waals surface area contributed by atoms with Crippen molar-refractivity contribution in [1.29, 1.82) is 0 Å². The molecule has 0 aromatic carbocycles. The molecule has 1 aliphatic rings. The summed E-state index contributed by atoms with van der Waals surface area (Å²) in [6.45, 7) is 5.60. The van der Waals surface area contributed by atoms with Gasteiger partial charge in [-0.25, -0.2) is 0 Å². The Morgan fingerprint density at radius 3 is 2.81 bits per heavy atom. The van der Waals surface area contributed by atoms with E-state index in [2.05, 4.69) is 11.9 Å². The molecular formula is C16H24N2O3. The van der Waals surface area contributed by atoms with Crippen LogP contribution in [0.15, 0.2) is 24.4 Å². The number of nitrogens with zero attached hydrogens (tertiary/aromatic N) is 2. The molecule has 0 N–H and O–H groups in total. The summed E-state index contributed by atoms with van der Waals surface area (Å²) in [6.07, 6.45) is 3.61. The predicted octanol–water partition coefficient (Wildman–Crippen LogP) is 1.99. The Kier molecular flexibility index (Phi) is 5.70. The number of ether oxygens (including phenoxy) is 2. The van der Waals surface area contributed by atoms with Crippen molar-refractivity contribution in [2.45, 2.75) is 19.8 Å². The molecule has 2 heterocycles. The molecule has 0 aliphatic carbocycles. The van der Waals surface area contributed by atoms with Crippen molar-refractivity contribution in [1.82, 2.24) is 9.88 Å². The molecule has 1 aromatic heterocycles. The number of carbonyl (C=O) groups is 1. The molecule has 0 spiro atoms. The van der Waals surface area contributed by atoms with E-state index in [1.54, 1.807) is 19.4 Å². The Morgan fingerprint density at radius 2 is 2.19 bits per heavy atom. The lowest BCUT2D eigenvalue weighted by Gasteiger charge is -2.38. The van der Waals surface area contributed by atoms with Crippen molar-refractivity contribution < 1.29 is 14.3 Å². The molecule has 2 rings (SSSR count). The molecule has 1 amide bonds. The highest BCUT2D eigenvalue weighted by atomic mass is 16.5. The van der Waals surface area contributed by atoms with Gasteiger partial charge in [-0.1, -0.05) is 13.0 Å². The van der Waals surface area contributed by atoms with E-state index in [4.69, 9.17) is 9.47 Å². The van der Waals surface area contributed by atoms with Crippen LogP contribution in [0.1, 0.15) is 30.3 Å². The number of aromatic nitrogens is 1. The van der Waals surface area contributed by atoms with Gasteiger partial charge in [0.25, 0.3) is 5.91 Å². The molecule has 0 bridgehead atoms. The highest BCUT2D eigenvalue weighted by molar-refractivity contribution is 5.92. The average molecular weight is 292 g/mol. The van der Waals surface area contributed by atoms with E-state index in [0.29, 0.717) is 18.8 Å². The van der Waals surface area contributed by atoms with Crippen molar-refractivity contribution in [3.63, 3.8) is 0 Å². The summed E-state index contributed by atoms with van der Waals surface area (Å²) in [7, 11) is 1.65. The molecule has 1 saturated heterocycles. The Labute approximate surface area is 126 Å². The molecule has 1 fully saturated rings. The van der Waals surface area contributed by atoms with Gasteiger partial charge in [0.05, 0.1) is 6.61 Å². The summed E-state index contributed by atoms with van der Waals surface area (Å²) in [5.74, 6) is -0.0274. The summed E-state index contributed by atoms with van der Waals surface area (Å²) in [6, 6.07) is 5.41. The van der Waals surface area contributed by atoms with Crippen LogP contribution < -0.4 is 0 Å². The first-order chi connectivity index (χ1) is 10.1. The van der Waals surface area contributed by atoms with E-state index in [1.165, 1.54) is 0 Å². The second-order valence-electron chi connectivity index (χ2n) is 5.86. The Hall–Kier alpha value is -1.46. The van der Waals surface area contributed by atoms with Crippen molar-refractivity contribution in [2.75, 3.05) is 40.0 Å². The molecular weight excluding hydrogens is 268 g/mol. The average Bonchev–Trinajstić information content (AvgIpc) is 2.52. The summed E-state index contributed by atoms with van der Waals surface area (Å²) in [5, 5.41) is 0. The molecule has 0 radical (unpaired) electrons. The minimum absolute atomic E-state index is 0.0274. The van der Waals surface area contributed by atoms with Gasteiger partial charge in [0, 0.05) is 39.6 Å². The number of hydrogen-bond donors (Lipinski definition) is 0. The first-order valence-electron chi connectivity index (χ1n) is 7.42. The van der Waals surface area contributed by atoms with Gasteiger partial charge < -0.3 is 14.4 Å². The van der Waals surface area contributed by atoms with Crippen LogP contribution in [-0.4, -0.2) is 55.8 Å². The summed E-state index contributed by atoms with van der Waals surface area (Å²) < 4.78 is 10.6. The molecule has 5 heteroatoms. The molecule has 21 heavy (non-hydrogen) atoms. The standard InChI is InChI=1S/C16H24N2O3/c1-16(6-10-21-11-7-16)13-18(9-12-20-2)15(19)14-5-3-4-8-17-14/h3-5,8H,6-7,9-13H2,1-2H3. The highest BCUT2D eigenvalue weighted by Crippen LogP contribution is 2.31. The Morgan fingerprint density at radius 1 is 1.43 bits per heavy atom. The predicted molar refractivity (Wildman–Crippen MR) is 80.2 cm³/mol. The highest BCUT2D eigenvalue weighted by Gasteiger charge is 2.31. The van der Waals surface area contributed by atoms with Crippen LogP contribution >= 0.6 is 0 Å². The van der Waals surface area contributed by atoms with E-state index < -0.39 is 0 Å². The first-order valence-corrected chi connectivity index (χ1v) is 7.42. The van der Waals surface area contributed by atoms with E-state index >= 15 is 0 Å². The van der Waals surface area contributed by atoms with Gasteiger partial charge in [0.15, 0.2) is 0 Å². The maximum atomic E-state index is 12.6. The van der Waals surface area contributed by atoms with E-state index in [0.717, 1.165) is 32.6 Å². The number of amides is 1. The second-order valence-corrected chi connectivity index (χ2v) is 5.86.